The van der Waals surface area contributed by atoms with E-state index in [2.05, 4.69) is 17.2 Å². The molecule has 0 aliphatic rings. The standard InChI is InChI=1S/C16H19FN2O/c1-3-15(16-8-7-13(17)10-18-16)19-11(2)12-5-4-6-14(20)9-12/h4-11,15,19-20H,3H2,1-2H3. The van der Waals surface area contributed by atoms with Crippen molar-refractivity contribution in [1.82, 2.24) is 10.3 Å². The predicted octanol–water partition coefficient (Wildman–Crippen LogP) is 3.73. The van der Waals surface area contributed by atoms with Crippen molar-refractivity contribution in [1.29, 1.82) is 0 Å². The molecule has 2 atom stereocenters. The number of halogens is 1. The zero-order valence-electron chi connectivity index (χ0n) is 11.7. The lowest BCUT2D eigenvalue weighted by Gasteiger charge is -2.22. The minimum atomic E-state index is -0.329. The molecule has 2 rings (SSSR count). The minimum Gasteiger partial charge on any atom is -0.508 e. The van der Waals surface area contributed by atoms with E-state index in [1.807, 2.05) is 19.1 Å². The predicted molar refractivity (Wildman–Crippen MR) is 76.9 cm³/mol. The number of hydrogen-bond acceptors (Lipinski definition) is 3. The number of phenols is 1. The molecule has 0 radical (unpaired) electrons. The summed E-state index contributed by atoms with van der Waals surface area (Å²) in [7, 11) is 0. The van der Waals surface area contributed by atoms with E-state index >= 15 is 0 Å². The molecule has 1 aromatic carbocycles. The van der Waals surface area contributed by atoms with Crippen molar-refractivity contribution in [3.8, 4) is 5.75 Å². The molecule has 0 saturated carbocycles. The van der Waals surface area contributed by atoms with Crippen molar-refractivity contribution in [2.24, 2.45) is 0 Å². The summed E-state index contributed by atoms with van der Waals surface area (Å²) >= 11 is 0. The van der Waals surface area contributed by atoms with Gasteiger partial charge in [-0.1, -0.05) is 19.1 Å². The molecule has 0 aliphatic carbocycles. The van der Waals surface area contributed by atoms with Crippen LogP contribution in [0.4, 0.5) is 4.39 Å². The average Bonchev–Trinajstić information content (AvgIpc) is 2.45. The van der Waals surface area contributed by atoms with E-state index < -0.39 is 0 Å². The Hall–Kier alpha value is -1.94. The van der Waals surface area contributed by atoms with Gasteiger partial charge >= 0.3 is 0 Å². The molecule has 0 bridgehead atoms. The second-order valence-electron chi connectivity index (χ2n) is 4.85. The Morgan fingerprint density at radius 2 is 2.10 bits per heavy atom. The second kappa shape index (κ2) is 6.48. The number of nitrogens with zero attached hydrogens (tertiary/aromatic N) is 1. The highest BCUT2D eigenvalue weighted by Crippen LogP contribution is 2.23. The fourth-order valence-corrected chi connectivity index (χ4v) is 2.20. The fourth-order valence-electron chi connectivity index (χ4n) is 2.20. The molecule has 2 unspecified atom stereocenters. The summed E-state index contributed by atoms with van der Waals surface area (Å²) in [5, 5.41) is 13.0. The Morgan fingerprint density at radius 3 is 2.70 bits per heavy atom. The smallest absolute Gasteiger partial charge is 0.141 e. The van der Waals surface area contributed by atoms with Crippen molar-refractivity contribution >= 4 is 0 Å². The van der Waals surface area contributed by atoms with Gasteiger partial charge in [0, 0.05) is 12.1 Å². The number of rotatable bonds is 5. The highest BCUT2D eigenvalue weighted by atomic mass is 19.1. The van der Waals surface area contributed by atoms with Gasteiger partial charge in [-0.3, -0.25) is 4.98 Å². The van der Waals surface area contributed by atoms with Crippen molar-refractivity contribution < 1.29 is 9.50 Å². The number of nitrogens with one attached hydrogen (secondary N) is 1. The van der Waals surface area contributed by atoms with Crippen molar-refractivity contribution in [2.75, 3.05) is 0 Å². The van der Waals surface area contributed by atoms with Gasteiger partial charge in [0.25, 0.3) is 0 Å². The summed E-state index contributed by atoms with van der Waals surface area (Å²) in [6.45, 7) is 4.08. The molecule has 0 amide bonds. The Morgan fingerprint density at radius 1 is 1.30 bits per heavy atom. The van der Waals surface area contributed by atoms with E-state index in [1.54, 1.807) is 18.2 Å². The van der Waals surface area contributed by atoms with E-state index in [0.717, 1.165) is 17.7 Å². The molecule has 0 aliphatic heterocycles. The molecular weight excluding hydrogens is 255 g/mol. The quantitative estimate of drug-likeness (QED) is 0.873. The second-order valence-corrected chi connectivity index (χ2v) is 4.85. The number of hydrogen-bond donors (Lipinski definition) is 2. The molecule has 0 fully saturated rings. The molecular formula is C16H19FN2O. The molecule has 1 heterocycles. The molecule has 0 spiro atoms. The summed E-state index contributed by atoms with van der Waals surface area (Å²) in [5.74, 6) is -0.0752. The van der Waals surface area contributed by atoms with Crippen LogP contribution in [0.5, 0.6) is 5.75 Å². The molecule has 3 nitrogen and oxygen atoms in total. The van der Waals surface area contributed by atoms with Crippen molar-refractivity contribution in [3.05, 3.63) is 59.7 Å². The molecule has 2 aromatic rings. The highest BCUT2D eigenvalue weighted by molar-refractivity contribution is 5.29. The Labute approximate surface area is 118 Å². The Kier molecular flexibility index (Phi) is 4.69. The van der Waals surface area contributed by atoms with Gasteiger partial charge in [-0.2, -0.15) is 0 Å². The third-order valence-corrected chi connectivity index (χ3v) is 3.34. The van der Waals surface area contributed by atoms with Crippen LogP contribution in [-0.4, -0.2) is 10.1 Å². The molecule has 106 valence electrons. The van der Waals surface area contributed by atoms with Gasteiger partial charge in [0.1, 0.15) is 11.6 Å². The maximum atomic E-state index is 12.9. The van der Waals surface area contributed by atoms with Crippen molar-refractivity contribution in [3.63, 3.8) is 0 Å². The number of benzene rings is 1. The first-order valence-electron chi connectivity index (χ1n) is 6.76. The van der Waals surface area contributed by atoms with E-state index in [1.165, 1.54) is 12.3 Å². The SMILES string of the molecule is CCC(NC(C)c1cccc(O)c1)c1ccc(F)cn1. The van der Waals surface area contributed by atoms with Gasteiger partial charge in [-0.25, -0.2) is 4.39 Å². The van der Waals surface area contributed by atoms with E-state index in [4.69, 9.17) is 0 Å². The maximum Gasteiger partial charge on any atom is 0.141 e. The highest BCUT2D eigenvalue weighted by Gasteiger charge is 2.15. The number of aromatic nitrogens is 1. The average molecular weight is 274 g/mol. The van der Waals surface area contributed by atoms with Crippen LogP contribution in [0.25, 0.3) is 0 Å². The Bertz CT molecular complexity index is 557. The number of phenolic OH excluding ortho intramolecular Hbond substituents is 1. The summed E-state index contributed by atoms with van der Waals surface area (Å²) in [5.41, 5.74) is 1.83. The van der Waals surface area contributed by atoms with E-state index in [0.29, 0.717) is 0 Å². The van der Waals surface area contributed by atoms with Crippen molar-refractivity contribution in [2.45, 2.75) is 32.4 Å². The fraction of sp³-hybridized carbons (Fsp3) is 0.312. The van der Waals surface area contributed by atoms with Crippen LogP contribution in [-0.2, 0) is 0 Å². The summed E-state index contributed by atoms with van der Waals surface area (Å²) in [6.07, 6.45) is 2.08. The van der Waals surface area contributed by atoms with Crippen LogP contribution in [0.3, 0.4) is 0 Å². The van der Waals surface area contributed by atoms with Gasteiger partial charge in [-0.15, -0.1) is 0 Å². The van der Waals surface area contributed by atoms with Crippen LogP contribution in [0.15, 0.2) is 42.6 Å². The number of aromatic hydroxyl groups is 1. The first-order valence-corrected chi connectivity index (χ1v) is 6.76. The van der Waals surface area contributed by atoms with E-state index in [9.17, 15) is 9.50 Å². The first-order chi connectivity index (χ1) is 9.60. The van der Waals surface area contributed by atoms with Gasteiger partial charge in [0.15, 0.2) is 0 Å². The maximum absolute atomic E-state index is 12.9. The normalized spacial score (nSPS) is 13.9. The minimum absolute atomic E-state index is 0.0490. The Balaban J connectivity index is 2.11. The van der Waals surface area contributed by atoms with Gasteiger partial charge in [-0.05, 0) is 43.2 Å². The van der Waals surface area contributed by atoms with Gasteiger partial charge in [0.05, 0.1) is 11.9 Å². The number of pyridine rings is 1. The van der Waals surface area contributed by atoms with Crippen LogP contribution in [0.2, 0.25) is 0 Å². The van der Waals surface area contributed by atoms with Gasteiger partial charge < -0.3 is 10.4 Å². The van der Waals surface area contributed by atoms with E-state index in [-0.39, 0.29) is 23.7 Å². The monoisotopic (exact) mass is 274 g/mol. The van der Waals surface area contributed by atoms with Gasteiger partial charge in [0.2, 0.25) is 0 Å². The lowest BCUT2D eigenvalue weighted by Crippen LogP contribution is -2.25. The third kappa shape index (κ3) is 3.54. The lowest BCUT2D eigenvalue weighted by molar-refractivity contribution is 0.441. The lowest BCUT2D eigenvalue weighted by atomic mass is 10.0. The zero-order chi connectivity index (χ0) is 14.5. The summed E-state index contributed by atoms with van der Waals surface area (Å²) in [6, 6.07) is 10.4. The molecule has 2 N–H and O–H groups in total. The van der Waals surface area contributed by atoms with Crippen LogP contribution < -0.4 is 5.32 Å². The molecule has 20 heavy (non-hydrogen) atoms. The molecule has 1 aromatic heterocycles. The first kappa shape index (κ1) is 14.5. The van der Waals surface area contributed by atoms with Crippen LogP contribution >= 0.6 is 0 Å². The molecule has 4 heteroatoms. The largest absolute Gasteiger partial charge is 0.508 e. The topological polar surface area (TPSA) is 45.1 Å². The summed E-state index contributed by atoms with van der Waals surface area (Å²) < 4.78 is 12.9. The summed E-state index contributed by atoms with van der Waals surface area (Å²) in [4.78, 5) is 4.13. The van der Waals surface area contributed by atoms with Crippen LogP contribution in [0.1, 0.15) is 43.6 Å². The van der Waals surface area contributed by atoms with Crippen LogP contribution in [0, 0.1) is 5.82 Å². The molecule has 0 saturated heterocycles. The third-order valence-electron chi connectivity index (χ3n) is 3.34. The zero-order valence-corrected chi connectivity index (χ0v) is 11.7.